The molecule has 0 saturated heterocycles. The number of halogens is 1. The van der Waals surface area contributed by atoms with Crippen molar-refractivity contribution >= 4 is 33.3 Å². The molecule has 2 amide bonds. The van der Waals surface area contributed by atoms with E-state index in [9.17, 15) is 23.5 Å². The molecule has 0 bridgehead atoms. The summed E-state index contributed by atoms with van der Waals surface area (Å²) in [5.74, 6) is -0.812. The molecule has 0 aliphatic rings. The average molecular weight is 359 g/mol. The number of phenolic OH excluding ortho intramolecular Hbond substituents is 1. The third-order valence-corrected chi connectivity index (χ3v) is 4.05. The van der Waals surface area contributed by atoms with Gasteiger partial charge >= 0.3 is 6.03 Å². The molecule has 1 heterocycles. The normalized spacial score (nSPS) is 12.2. The predicted molar refractivity (Wildman–Crippen MR) is 80.7 cm³/mol. The molecule has 2 rings (SSSR count). The predicted octanol–water partition coefficient (Wildman–Crippen LogP) is 0.865. The van der Waals surface area contributed by atoms with Gasteiger partial charge in [-0.05, 0) is 24.3 Å². The largest absolute Gasteiger partial charge is 0.504 e. The number of rotatable bonds is 2. The lowest BCUT2D eigenvalue weighted by atomic mass is 10.3. The van der Waals surface area contributed by atoms with Crippen LogP contribution in [-0.4, -0.2) is 29.5 Å². The molecular weight excluding hydrogens is 348 g/mol. The number of benzene rings is 1. The van der Waals surface area contributed by atoms with Crippen LogP contribution in [0.3, 0.4) is 0 Å². The molecule has 0 spiro atoms. The van der Waals surface area contributed by atoms with Gasteiger partial charge in [-0.1, -0.05) is 17.7 Å². The molecule has 9 nitrogen and oxygen atoms in total. The molecule has 1 aromatic heterocycles. The molecule has 0 atom stereocenters. The van der Waals surface area contributed by atoms with Crippen LogP contribution in [-0.2, 0) is 10.0 Å². The van der Waals surface area contributed by atoms with Crippen LogP contribution in [0.2, 0.25) is 5.02 Å². The van der Waals surface area contributed by atoms with Gasteiger partial charge in [0.05, 0.1) is 10.7 Å². The summed E-state index contributed by atoms with van der Waals surface area (Å²) in [5.41, 5.74) is -0.335. The van der Waals surface area contributed by atoms with Crippen molar-refractivity contribution in [3.05, 3.63) is 47.0 Å². The number of urea groups is 1. The van der Waals surface area contributed by atoms with Crippen LogP contribution in [0.1, 0.15) is 0 Å². The van der Waals surface area contributed by atoms with E-state index in [0.29, 0.717) is 4.73 Å². The standard InChI is InChI=1S/C12H11ClN4O5S/c13-7-4-5-8(10(18)11(7)23(14,21)22)15-12(19)16-9-3-1-2-6-17(9)20/h1-6,18,20H,(H,15,19)(H2,14,21,22). The fraction of sp³-hybridized carbons (Fsp3) is 0. The molecule has 5 N–H and O–H groups in total. The van der Waals surface area contributed by atoms with Crippen LogP contribution >= 0.6 is 11.6 Å². The highest BCUT2D eigenvalue weighted by atomic mass is 35.5. The van der Waals surface area contributed by atoms with E-state index in [4.69, 9.17) is 16.7 Å². The van der Waals surface area contributed by atoms with Crippen molar-refractivity contribution in [3.63, 3.8) is 0 Å². The third-order valence-electron chi connectivity index (χ3n) is 2.64. The lowest BCUT2D eigenvalue weighted by Crippen LogP contribution is -2.21. The van der Waals surface area contributed by atoms with E-state index < -0.39 is 26.7 Å². The first-order chi connectivity index (χ1) is 10.7. The highest BCUT2D eigenvalue weighted by Crippen LogP contribution is 2.36. The first kappa shape index (κ1) is 16.8. The first-order valence-electron chi connectivity index (χ1n) is 5.97. The molecule has 2 aromatic rings. The highest BCUT2D eigenvalue weighted by molar-refractivity contribution is 7.89. The Kier molecular flexibility index (Phi) is 4.59. The van der Waals surface area contributed by atoms with Gasteiger partial charge in [0.15, 0.2) is 11.2 Å². The van der Waals surface area contributed by atoms with Crippen LogP contribution in [0.15, 0.2) is 46.4 Å². The minimum atomic E-state index is -4.30. The number of phenols is 1. The Morgan fingerprint density at radius 1 is 1.30 bits per heavy atom. The number of sulfonamides is 1. The quantitative estimate of drug-likeness (QED) is 0.464. The van der Waals surface area contributed by atoms with Crippen molar-refractivity contribution in [2.24, 2.45) is 10.1 Å². The van der Waals surface area contributed by atoms with E-state index in [2.05, 4.69) is 10.3 Å². The average Bonchev–Trinajstić information content (AvgIpc) is 2.43. The van der Waals surface area contributed by atoms with Gasteiger partial charge in [-0.15, -0.1) is 0 Å². The fourth-order valence-corrected chi connectivity index (χ4v) is 2.87. The summed E-state index contributed by atoms with van der Waals surface area (Å²) in [4.78, 5) is 14.6. The van der Waals surface area contributed by atoms with Crippen LogP contribution in [0.5, 0.6) is 5.75 Å². The minimum absolute atomic E-state index is 0.0786. The molecule has 11 heteroatoms. The van der Waals surface area contributed by atoms with E-state index in [-0.39, 0.29) is 16.2 Å². The van der Waals surface area contributed by atoms with Crippen molar-refractivity contribution in [2.45, 2.75) is 4.90 Å². The summed E-state index contributed by atoms with van der Waals surface area (Å²) < 4.78 is 23.4. The maximum atomic E-state index is 11.8. The summed E-state index contributed by atoms with van der Waals surface area (Å²) >= 11 is 5.68. The molecule has 23 heavy (non-hydrogen) atoms. The van der Waals surface area contributed by atoms with Gasteiger partial charge in [-0.25, -0.2) is 18.4 Å². The van der Waals surface area contributed by atoms with E-state index >= 15 is 0 Å². The molecular formula is C12H11ClN4O5S. The number of amides is 2. The Labute approximate surface area is 135 Å². The van der Waals surface area contributed by atoms with Crippen LogP contribution in [0.25, 0.3) is 0 Å². The van der Waals surface area contributed by atoms with Crippen LogP contribution in [0, 0.1) is 0 Å². The number of nitrogens with two attached hydrogens (primary N) is 1. The van der Waals surface area contributed by atoms with Gasteiger partial charge in [0.1, 0.15) is 4.90 Å². The summed E-state index contributed by atoms with van der Waals surface area (Å²) in [6, 6.07) is 5.77. The monoisotopic (exact) mass is 358 g/mol. The molecule has 122 valence electrons. The number of aromatic nitrogens is 1. The summed E-state index contributed by atoms with van der Waals surface area (Å²) in [6.07, 6.45) is 1.25. The maximum absolute atomic E-state index is 11.8. The van der Waals surface area contributed by atoms with Gasteiger partial charge in [-0.3, -0.25) is 0 Å². The number of primary sulfonamides is 1. The van der Waals surface area contributed by atoms with Crippen LogP contribution < -0.4 is 15.9 Å². The van der Waals surface area contributed by atoms with E-state index in [1.807, 2.05) is 0 Å². The maximum Gasteiger partial charge on any atom is 0.347 e. The summed E-state index contributed by atoms with van der Waals surface area (Å²) in [5, 5.41) is 26.2. The number of carbonyl (C=O) groups excluding carboxylic acids is 1. The summed E-state index contributed by atoms with van der Waals surface area (Å²) in [7, 11) is -4.30. The molecule has 0 fully saturated rings. The second-order valence-electron chi connectivity index (χ2n) is 4.26. The first-order valence-corrected chi connectivity index (χ1v) is 7.89. The zero-order valence-corrected chi connectivity index (χ0v) is 12.9. The van der Waals surface area contributed by atoms with Crippen molar-refractivity contribution in [3.8, 4) is 5.75 Å². The van der Waals surface area contributed by atoms with Gasteiger partial charge in [0.25, 0.3) is 0 Å². The summed E-state index contributed by atoms with van der Waals surface area (Å²) in [6.45, 7) is 0. The topological polar surface area (TPSA) is 147 Å². The molecule has 0 saturated carbocycles. The van der Waals surface area contributed by atoms with Gasteiger partial charge in [0, 0.05) is 6.20 Å². The number of hydrogen-bond acceptors (Lipinski definition) is 5. The zero-order chi connectivity index (χ0) is 17.2. The van der Waals surface area contributed by atoms with Crippen molar-refractivity contribution in [1.82, 2.24) is 4.73 Å². The van der Waals surface area contributed by atoms with E-state index in [0.717, 1.165) is 6.07 Å². The number of carbonyl (C=O) groups is 1. The third kappa shape index (κ3) is 3.80. The van der Waals surface area contributed by atoms with Gasteiger partial charge < -0.3 is 15.6 Å². The minimum Gasteiger partial charge on any atom is -0.504 e. The number of aromatic hydroxyl groups is 1. The molecule has 0 aliphatic carbocycles. The molecule has 0 aliphatic heterocycles. The number of nitrogens with one attached hydrogen (secondary N) is 1. The van der Waals surface area contributed by atoms with E-state index in [1.165, 1.54) is 30.5 Å². The lowest BCUT2D eigenvalue weighted by molar-refractivity contribution is 0.171. The van der Waals surface area contributed by atoms with Crippen molar-refractivity contribution < 1.29 is 23.5 Å². The Balaban J connectivity index is 2.41. The van der Waals surface area contributed by atoms with Gasteiger partial charge in [0.2, 0.25) is 10.0 Å². The molecule has 1 aromatic carbocycles. The SMILES string of the molecule is NS(=O)(=O)c1c(Cl)ccc(NC(=O)N=c2ccccn2O)c1O. The lowest BCUT2D eigenvalue weighted by Gasteiger charge is -2.10. The van der Waals surface area contributed by atoms with Crippen molar-refractivity contribution in [2.75, 3.05) is 5.32 Å². The number of anilines is 1. The fourth-order valence-electron chi connectivity index (χ4n) is 1.68. The Hall–Kier alpha value is -2.56. The zero-order valence-electron chi connectivity index (χ0n) is 11.3. The number of nitrogens with zero attached hydrogens (tertiary/aromatic N) is 2. The Bertz CT molecular complexity index is 939. The van der Waals surface area contributed by atoms with Gasteiger partial charge in [-0.2, -0.15) is 9.72 Å². The smallest absolute Gasteiger partial charge is 0.347 e. The number of hydrogen-bond donors (Lipinski definition) is 4. The Morgan fingerprint density at radius 3 is 2.61 bits per heavy atom. The number of pyridine rings is 1. The second kappa shape index (κ2) is 6.28. The molecule has 0 radical (unpaired) electrons. The Morgan fingerprint density at radius 2 is 2.00 bits per heavy atom. The van der Waals surface area contributed by atoms with E-state index in [1.54, 1.807) is 0 Å². The second-order valence-corrected chi connectivity index (χ2v) is 6.17. The van der Waals surface area contributed by atoms with Crippen molar-refractivity contribution in [1.29, 1.82) is 0 Å². The molecule has 0 unspecified atom stereocenters. The highest BCUT2D eigenvalue weighted by Gasteiger charge is 2.22. The van der Waals surface area contributed by atoms with Crippen LogP contribution in [0.4, 0.5) is 10.5 Å².